The lowest BCUT2D eigenvalue weighted by molar-refractivity contribution is -0.114. The monoisotopic (exact) mass is 448 g/mol. The minimum atomic E-state index is -0.678. The fraction of sp³-hybridized carbons (Fsp3) is 0.480. The van der Waals surface area contributed by atoms with Gasteiger partial charge in [-0.05, 0) is 49.2 Å². The molecule has 0 spiro atoms. The number of carbonyl (C=O) groups excluding carboxylic acids is 1. The normalized spacial score (nSPS) is 13.6. The van der Waals surface area contributed by atoms with Crippen LogP contribution in [0.3, 0.4) is 0 Å². The van der Waals surface area contributed by atoms with Gasteiger partial charge in [-0.2, -0.15) is 0 Å². The molecule has 2 aromatic rings. The summed E-state index contributed by atoms with van der Waals surface area (Å²) < 4.78 is 16.8. The second-order valence-corrected chi connectivity index (χ2v) is 8.69. The van der Waals surface area contributed by atoms with Crippen molar-refractivity contribution in [3.8, 4) is 11.5 Å². The van der Waals surface area contributed by atoms with Crippen molar-refractivity contribution in [2.45, 2.75) is 45.3 Å². The van der Waals surface area contributed by atoms with Crippen LogP contribution in [0.1, 0.15) is 38.8 Å². The summed E-state index contributed by atoms with van der Waals surface area (Å²) in [6.07, 6.45) is 0.286. The maximum absolute atomic E-state index is 11.2. The molecule has 0 bridgehead atoms. The van der Waals surface area contributed by atoms with Crippen LogP contribution >= 0.6 is 11.6 Å². The molecule has 2 aromatic carbocycles. The fourth-order valence-corrected chi connectivity index (χ4v) is 3.07. The van der Waals surface area contributed by atoms with E-state index in [1.807, 2.05) is 62.4 Å². The van der Waals surface area contributed by atoms with Crippen molar-refractivity contribution in [1.82, 2.24) is 0 Å². The summed E-state index contributed by atoms with van der Waals surface area (Å²) in [6.45, 7) is 9.01. The molecule has 31 heavy (non-hydrogen) atoms. The number of aliphatic hydroxyl groups excluding tert-OH is 1. The average molecular weight is 449 g/mol. The maximum Gasteiger partial charge on any atom is 0.128 e. The van der Waals surface area contributed by atoms with Crippen molar-refractivity contribution in [3.05, 3.63) is 59.7 Å². The highest BCUT2D eigenvalue weighted by Gasteiger charge is 2.23. The van der Waals surface area contributed by atoms with Crippen molar-refractivity contribution >= 4 is 17.9 Å². The van der Waals surface area contributed by atoms with Gasteiger partial charge >= 0.3 is 0 Å². The van der Waals surface area contributed by atoms with Crippen LogP contribution in [0.5, 0.6) is 11.5 Å². The van der Waals surface area contributed by atoms with Crippen LogP contribution in [0, 0.1) is 5.92 Å². The first-order chi connectivity index (χ1) is 14.8. The molecule has 1 N–H and O–H groups in total. The molecule has 6 heteroatoms. The second kappa shape index (κ2) is 12.1. The highest BCUT2D eigenvalue weighted by atomic mass is 35.5. The summed E-state index contributed by atoms with van der Waals surface area (Å²) in [7, 11) is 0. The molecule has 0 aliphatic carbocycles. The largest absolute Gasteiger partial charge is 0.493 e. The van der Waals surface area contributed by atoms with E-state index in [1.54, 1.807) is 0 Å². The van der Waals surface area contributed by atoms with Gasteiger partial charge in [-0.25, -0.2) is 0 Å². The topological polar surface area (TPSA) is 65.0 Å². The molecule has 170 valence electrons. The Morgan fingerprint density at radius 3 is 1.81 bits per heavy atom. The number of aliphatic hydroxyl groups is 1. The van der Waals surface area contributed by atoms with Gasteiger partial charge in [0, 0.05) is 5.41 Å². The zero-order valence-electron chi connectivity index (χ0n) is 18.7. The first kappa shape index (κ1) is 25.2. The summed E-state index contributed by atoms with van der Waals surface area (Å²) in [5.74, 6) is 1.27. The van der Waals surface area contributed by atoms with Crippen LogP contribution in [0.15, 0.2) is 48.5 Å². The Morgan fingerprint density at radius 1 is 0.903 bits per heavy atom. The molecule has 0 radical (unpaired) electrons. The Kier molecular flexibility index (Phi) is 9.82. The molecule has 2 unspecified atom stereocenters. The number of hydrogen-bond acceptors (Lipinski definition) is 5. The third kappa shape index (κ3) is 7.84. The molecule has 0 aliphatic rings. The number of hydrogen-bond donors (Lipinski definition) is 1. The lowest BCUT2D eigenvalue weighted by Crippen LogP contribution is -2.21. The Bertz CT molecular complexity index is 787. The van der Waals surface area contributed by atoms with Gasteiger partial charge in [0.15, 0.2) is 0 Å². The van der Waals surface area contributed by atoms with E-state index in [0.29, 0.717) is 19.0 Å². The third-order valence-corrected chi connectivity index (χ3v) is 5.43. The predicted octanol–water partition coefficient (Wildman–Crippen LogP) is 4.61. The van der Waals surface area contributed by atoms with Crippen molar-refractivity contribution < 1.29 is 24.1 Å². The van der Waals surface area contributed by atoms with Gasteiger partial charge in [0.2, 0.25) is 0 Å². The number of ether oxygens (including phenoxy) is 3. The van der Waals surface area contributed by atoms with E-state index in [2.05, 4.69) is 13.8 Å². The lowest BCUT2D eigenvalue weighted by Gasteiger charge is -2.26. The molecule has 2 atom stereocenters. The van der Waals surface area contributed by atoms with Crippen molar-refractivity contribution in [3.63, 3.8) is 0 Å². The summed E-state index contributed by atoms with van der Waals surface area (Å²) in [4.78, 5) is 11.2. The molecule has 0 amide bonds. The molecule has 5 nitrogen and oxygen atoms in total. The van der Waals surface area contributed by atoms with E-state index in [0.717, 1.165) is 23.2 Å². The SMILES string of the molecule is CC(C)OCC(C=O)COc1ccc(C(C)(C)c2ccc(OCC(O)CCl)cc2)cc1. The van der Waals surface area contributed by atoms with Crippen molar-refractivity contribution in [2.24, 2.45) is 5.92 Å². The van der Waals surface area contributed by atoms with E-state index in [1.165, 1.54) is 0 Å². The highest BCUT2D eigenvalue weighted by Crippen LogP contribution is 2.33. The van der Waals surface area contributed by atoms with E-state index < -0.39 is 6.10 Å². The number of halogens is 1. The first-order valence-corrected chi connectivity index (χ1v) is 11.1. The predicted molar refractivity (Wildman–Crippen MR) is 123 cm³/mol. The average Bonchev–Trinajstić information content (AvgIpc) is 2.78. The molecule has 0 saturated carbocycles. The standard InChI is InChI=1S/C25H33ClO5/c1-18(2)29-15-19(14-27)16-30-23-9-5-20(6-10-23)25(3,4)21-7-11-24(12-8-21)31-17-22(28)13-26/h5-12,14,18-19,22,28H,13,15-17H2,1-4H3. The minimum absolute atomic E-state index is 0.0850. The Balaban J connectivity index is 1.98. The summed E-state index contributed by atoms with van der Waals surface area (Å²) >= 11 is 5.59. The fourth-order valence-electron chi connectivity index (χ4n) is 2.99. The summed E-state index contributed by atoms with van der Waals surface area (Å²) in [5, 5.41) is 9.51. The third-order valence-electron chi connectivity index (χ3n) is 5.07. The van der Waals surface area contributed by atoms with Gasteiger partial charge in [0.25, 0.3) is 0 Å². The second-order valence-electron chi connectivity index (χ2n) is 8.38. The van der Waals surface area contributed by atoms with Gasteiger partial charge in [-0.1, -0.05) is 38.1 Å². The van der Waals surface area contributed by atoms with Crippen LogP contribution in [0.4, 0.5) is 0 Å². The molecule has 0 aromatic heterocycles. The zero-order valence-corrected chi connectivity index (χ0v) is 19.5. The number of alkyl halides is 1. The maximum atomic E-state index is 11.2. The van der Waals surface area contributed by atoms with Crippen molar-refractivity contribution in [1.29, 1.82) is 0 Å². The van der Waals surface area contributed by atoms with E-state index >= 15 is 0 Å². The van der Waals surface area contributed by atoms with E-state index in [-0.39, 0.29) is 29.9 Å². The van der Waals surface area contributed by atoms with Gasteiger partial charge < -0.3 is 24.1 Å². The van der Waals surface area contributed by atoms with Crippen LogP contribution in [0.2, 0.25) is 0 Å². The smallest absolute Gasteiger partial charge is 0.128 e. The quantitative estimate of drug-likeness (QED) is 0.358. The number of carbonyl (C=O) groups is 1. The van der Waals surface area contributed by atoms with Crippen LogP contribution in [0.25, 0.3) is 0 Å². The Hall–Kier alpha value is -2.08. The molecule has 2 rings (SSSR count). The Morgan fingerprint density at radius 2 is 1.39 bits per heavy atom. The molecule has 0 heterocycles. The summed E-state index contributed by atoms with van der Waals surface area (Å²) in [6, 6.07) is 15.8. The number of rotatable bonds is 13. The molecule has 0 saturated heterocycles. The zero-order chi connectivity index (χ0) is 22.9. The number of aldehydes is 1. The van der Waals surface area contributed by atoms with Crippen LogP contribution in [-0.2, 0) is 14.9 Å². The summed E-state index contributed by atoms with van der Waals surface area (Å²) in [5.41, 5.74) is 2.06. The van der Waals surface area contributed by atoms with E-state index in [4.69, 9.17) is 25.8 Å². The van der Waals surface area contributed by atoms with Gasteiger partial charge in [-0.15, -0.1) is 11.6 Å². The molecular formula is C25H33ClO5. The minimum Gasteiger partial charge on any atom is -0.493 e. The molecular weight excluding hydrogens is 416 g/mol. The van der Waals surface area contributed by atoms with Gasteiger partial charge in [0.1, 0.15) is 30.5 Å². The first-order valence-electron chi connectivity index (χ1n) is 10.5. The highest BCUT2D eigenvalue weighted by molar-refractivity contribution is 6.18. The molecule has 0 fully saturated rings. The lowest BCUT2D eigenvalue weighted by atomic mass is 9.78. The van der Waals surface area contributed by atoms with Crippen LogP contribution < -0.4 is 9.47 Å². The molecule has 0 aliphatic heterocycles. The van der Waals surface area contributed by atoms with Crippen molar-refractivity contribution in [2.75, 3.05) is 25.7 Å². The van der Waals surface area contributed by atoms with Gasteiger partial charge in [-0.3, -0.25) is 0 Å². The Labute approximate surface area is 190 Å². The van der Waals surface area contributed by atoms with Crippen LogP contribution in [-0.4, -0.2) is 49.3 Å². The van der Waals surface area contributed by atoms with Gasteiger partial charge in [0.05, 0.1) is 31.1 Å². The van der Waals surface area contributed by atoms with E-state index in [9.17, 15) is 9.90 Å². The number of benzene rings is 2.